The molecule has 0 spiro atoms. The Kier molecular flexibility index (Phi) is 10.7. The first-order chi connectivity index (χ1) is 11.2. The summed E-state index contributed by atoms with van der Waals surface area (Å²) >= 11 is 0. The lowest BCUT2D eigenvalue weighted by molar-refractivity contribution is 0.300. The molecule has 0 fully saturated rings. The van der Waals surface area contributed by atoms with Crippen molar-refractivity contribution in [2.24, 2.45) is 5.84 Å². The van der Waals surface area contributed by atoms with Crippen LogP contribution in [0.1, 0.15) is 25.0 Å². The van der Waals surface area contributed by atoms with Gasteiger partial charge in [0, 0.05) is 11.3 Å². The van der Waals surface area contributed by atoms with Crippen molar-refractivity contribution in [1.29, 1.82) is 0 Å². The number of hydrogen-bond acceptors (Lipinski definition) is 3. The SMILES string of the molecule is C=C.C=C(NN)c1ccc(OCc2ccccc2F)cc1.CC. The molecular weight excluding hydrogens is 291 g/mol. The summed E-state index contributed by atoms with van der Waals surface area (Å²) in [4.78, 5) is 0. The third-order valence-corrected chi connectivity index (χ3v) is 2.73. The van der Waals surface area contributed by atoms with Crippen LogP contribution in [0.3, 0.4) is 0 Å². The number of hydrazine groups is 1. The lowest BCUT2D eigenvalue weighted by Crippen LogP contribution is -2.18. The van der Waals surface area contributed by atoms with E-state index in [0.29, 0.717) is 17.0 Å². The van der Waals surface area contributed by atoms with Gasteiger partial charge < -0.3 is 10.2 Å². The van der Waals surface area contributed by atoms with Crippen LogP contribution in [0.25, 0.3) is 5.70 Å². The van der Waals surface area contributed by atoms with E-state index in [1.807, 2.05) is 26.0 Å². The average Bonchev–Trinajstić information content (AvgIpc) is 2.64. The van der Waals surface area contributed by atoms with Gasteiger partial charge in [0.05, 0.1) is 0 Å². The minimum atomic E-state index is -0.264. The van der Waals surface area contributed by atoms with Crippen molar-refractivity contribution >= 4 is 5.70 Å². The van der Waals surface area contributed by atoms with Crippen LogP contribution >= 0.6 is 0 Å². The monoisotopic (exact) mass is 316 g/mol. The number of nitrogens with one attached hydrogen (secondary N) is 1. The Labute approximate surface area is 138 Å². The summed E-state index contributed by atoms with van der Waals surface area (Å²) in [5.74, 6) is 5.67. The lowest BCUT2D eigenvalue weighted by Gasteiger charge is -2.09. The number of hydrogen-bond donors (Lipinski definition) is 2. The molecule has 0 atom stereocenters. The highest BCUT2D eigenvalue weighted by atomic mass is 19.1. The summed E-state index contributed by atoms with van der Waals surface area (Å²) in [6, 6.07) is 13.8. The van der Waals surface area contributed by atoms with Gasteiger partial charge in [0.1, 0.15) is 18.2 Å². The van der Waals surface area contributed by atoms with Gasteiger partial charge in [-0.15, -0.1) is 13.2 Å². The first kappa shape index (κ1) is 20.4. The van der Waals surface area contributed by atoms with E-state index < -0.39 is 0 Å². The van der Waals surface area contributed by atoms with E-state index in [0.717, 1.165) is 5.56 Å². The molecule has 2 aromatic carbocycles. The maximum atomic E-state index is 13.4. The fourth-order valence-corrected chi connectivity index (χ4v) is 1.61. The van der Waals surface area contributed by atoms with Crippen molar-refractivity contribution in [3.63, 3.8) is 0 Å². The molecule has 0 radical (unpaired) electrons. The highest BCUT2D eigenvalue weighted by Crippen LogP contribution is 2.17. The summed E-state index contributed by atoms with van der Waals surface area (Å²) in [5.41, 5.74) is 4.51. The van der Waals surface area contributed by atoms with Crippen molar-refractivity contribution in [1.82, 2.24) is 5.43 Å². The lowest BCUT2D eigenvalue weighted by atomic mass is 10.2. The molecular formula is C19H25FN2O. The second-order valence-electron chi connectivity index (χ2n) is 4.03. The van der Waals surface area contributed by atoms with Crippen LogP contribution in [0, 0.1) is 5.82 Å². The Bertz CT molecular complexity index is 582. The van der Waals surface area contributed by atoms with E-state index in [9.17, 15) is 4.39 Å². The van der Waals surface area contributed by atoms with Gasteiger partial charge in [0.2, 0.25) is 0 Å². The third kappa shape index (κ3) is 6.80. The Hall–Kier alpha value is -2.59. The molecule has 0 bridgehead atoms. The van der Waals surface area contributed by atoms with Crippen LogP contribution in [0.4, 0.5) is 4.39 Å². The maximum absolute atomic E-state index is 13.4. The van der Waals surface area contributed by atoms with Crippen LogP contribution in [0.5, 0.6) is 5.75 Å². The summed E-state index contributed by atoms with van der Waals surface area (Å²) in [7, 11) is 0. The van der Waals surface area contributed by atoms with Gasteiger partial charge >= 0.3 is 0 Å². The van der Waals surface area contributed by atoms with E-state index in [1.54, 1.807) is 30.3 Å². The molecule has 3 N–H and O–H groups in total. The molecule has 0 aliphatic rings. The van der Waals surface area contributed by atoms with Crippen molar-refractivity contribution < 1.29 is 9.13 Å². The van der Waals surface area contributed by atoms with Crippen LogP contribution in [-0.4, -0.2) is 0 Å². The number of ether oxygens (including phenoxy) is 1. The topological polar surface area (TPSA) is 47.3 Å². The van der Waals surface area contributed by atoms with Gasteiger partial charge in [0.25, 0.3) is 0 Å². The van der Waals surface area contributed by atoms with Gasteiger partial charge in [0.15, 0.2) is 0 Å². The smallest absolute Gasteiger partial charge is 0.129 e. The molecule has 0 amide bonds. The third-order valence-electron chi connectivity index (χ3n) is 2.73. The number of nitrogens with two attached hydrogens (primary N) is 1. The summed E-state index contributed by atoms with van der Waals surface area (Å²) < 4.78 is 18.9. The highest BCUT2D eigenvalue weighted by Gasteiger charge is 2.02. The number of benzene rings is 2. The molecule has 4 heteroatoms. The molecule has 23 heavy (non-hydrogen) atoms. The fourth-order valence-electron chi connectivity index (χ4n) is 1.61. The molecule has 2 aromatic rings. The molecule has 0 aliphatic heterocycles. The Balaban J connectivity index is 0.00000112. The minimum absolute atomic E-state index is 0.197. The van der Waals surface area contributed by atoms with E-state index in [2.05, 4.69) is 25.2 Å². The maximum Gasteiger partial charge on any atom is 0.129 e. The van der Waals surface area contributed by atoms with Crippen molar-refractivity contribution in [3.05, 3.63) is 85.2 Å². The number of rotatable bonds is 5. The molecule has 0 saturated carbocycles. The normalized spacial score (nSPS) is 8.70. The van der Waals surface area contributed by atoms with Crippen molar-refractivity contribution in [2.75, 3.05) is 0 Å². The predicted octanol–water partition coefficient (Wildman–Crippen LogP) is 4.67. The van der Waals surface area contributed by atoms with Crippen LogP contribution in [0.15, 0.2) is 68.3 Å². The molecule has 0 aromatic heterocycles. The standard InChI is InChI=1S/C15H15FN2O.C2H6.C2H4/c1-11(18-17)12-6-8-14(9-7-12)19-10-13-4-2-3-5-15(13)16;2*1-2/h2-9,18H,1,10,17H2;1-2H3;1-2H2. The van der Waals surface area contributed by atoms with Crippen LogP contribution in [0.2, 0.25) is 0 Å². The first-order valence-electron chi connectivity index (χ1n) is 7.33. The summed E-state index contributed by atoms with van der Waals surface area (Å²) in [6.45, 7) is 13.9. The van der Waals surface area contributed by atoms with E-state index in [-0.39, 0.29) is 12.4 Å². The molecule has 124 valence electrons. The number of halogens is 1. The highest BCUT2D eigenvalue weighted by molar-refractivity contribution is 5.61. The molecule has 0 heterocycles. The summed E-state index contributed by atoms with van der Waals surface area (Å²) in [6.07, 6.45) is 0. The Morgan fingerprint density at radius 3 is 2.17 bits per heavy atom. The van der Waals surface area contributed by atoms with Gasteiger partial charge in [-0.3, -0.25) is 5.84 Å². The Morgan fingerprint density at radius 1 is 1.09 bits per heavy atom. The van der Waals surface area contributed by atoms with Crippen LogP contribution < -0.4 is 16.0 Å². The van der Waals surface area contributed by atoms with Crippen molar-refractivity contribution in [3.8, 4) is 5.75 Å². The second-order valence-corrected chi connectivity index (χ2v) is 4.03. The minimum Gasteiger partial charge on any atom is -0.489 e. The quantitative estimate of drug-likeness (QED) is 0.479. The molecule has 0 saturated heterocycles. The molecule has 3 nitrogen and oxygen atoms in total. The zero-order valence-corrected chi connectivity index (χ0v) is 13.8. The molecule has 0 unspecified atom stereocenters. The zero-order valence-electron chi connectivity index (χ0n) is 13.8. The van der Waals surface area contributed by atoms with Gasteiger partial charge in [-0.1, -0.05) is 38.6 Å². The van der Waals surface area contributed by atoms with E-state index in [1.165, 1.54) is 6.07 Å². The largest absolute Gasteiger partial charge is 0.489 e. The molecule has 2 rings (SSSR count). The predicted molar refractivity (Wildman–Crippen MR) is 96.1 cm³/mol. The van der Waals surface area contributed by atoms with Crippen molar-refractivity contribution in [2.45, 2.75) is 20.5 Å². The van der Waals surface area contributed by atoms with E-state index in [4.69, 9.17) is 10.6 Å². The fraction of sp³-hybridized carbons (Fsp3) is 0.158. The van der Waals surface area contributed by atoms with Gasteiger partial charge in [-0.25, -0.2) is 4.39 Å². The van der Waals surface area contributed by atoms with Gasteiger partial charge in [-0.2, -0.15) is 0 Å². The van der Waals surface area contributed by atoms with Crippen LogP contribution in [-0.2, 0) is 6.61 Å². The zero-order chi connectivity index (χ0) is 17.7. The summed E-state index contributed by atoms with van der Waals surface area (Å²) in [5, 5.41) is 0. The van der Waals surface area contributed by atoms with Gasteiger partial charge in [-0.05, 0) is 35.9 Å². The second kappa shape index (κ2) is 12.0. The molecule has 0 aliphatic carbocycles. The average molecular weight is 316 g/mol. The Morgan fingerprint density at radius 2 is 1.65 bits per heavy atom. The first-order valence-corrected chi connectivity index (χ1v) is 7.33. The van der Waals surface area contributed by atoms with E-state index >= 15 is 0 Å².